The summed E-state index contributed by atoms with van der Waals surface area (Å²) in [4.78, 5) is 43.5. The molecule has 0 unspecified atom stereocenters. The normalized spacial score (nSPS) is 14.4. The van der Waals surface area contributed by atoms with E-state index in [-0.39, 0.29) is 18.7 Å². The van der Waals surface area contributed by atoms with Crippen molar-refractivity contribution in [1.29, 1.82) is 0 Å². The van der Waals surface area contributed by atoms with Gasteiger partial charge in [-0.15, -0.1) is 0 Å². The van der Waals surface area contributed by atoms with E-state index in [1.807, 2.05) is 13.8 Å². The summed E-state index contributed by atoms with van der Waals surface area (Å²) in [6.45, 7) is 7.88. The lowest BCUT2D eigenvalue weighted by Crippen LogP contribution is -2.42. The summed E-state index contributed by atoms with van der Waals surface area (Å²) in [7, 11) is 2.53. The summed E-state index contributed by atoms with van der Waals surface area (Å²) >= 11 is 0. The van der Waals surface area contributed by atoms with Crippen LogP contribution >= 0.6 is 0 Å². The first-order chi connectivity index (χ1) is 12.7. The molecule has 0 radical (unpaired) electrons. The first-order valence-corrected chi connectivity index (χ1v) is 9.17. The number of carbonyl (C=O) groups is 3. The van der Waals surface area contributed by atoms with Crippen molar-refractivity contribution in [3.8, 4) is 0 Å². The summed E-state index contributed by atoms with van der Waals surface area (Å²) in [6, 6.07) is 0. The molecule has 0 fully saturated rings. The van der Waals surface area contributed by atoms with Crippen molar-refractivity contribution in [2.45, 2.75) is 53.4 Å². The molecule has 2 rings (SSSR count). The van der Waals surface area contributed by atoms with Crippen LogP contribution in [0, 0.1) is 19.3 Å². The number of ether oxygens (including phenoxy) is 2. The van der Waals surface area contributed by atoms with Gasteiger partial charge >= 0.3 is 11.9 Å². The molecule has 0 atom stereocenters. The molecule has 0 bridgehead atoms. The summed E-state index contributed by atoms with van der Waals surface area (Å²) in [5.41, 5.74) is 1.85. The number of hydrogen-bond donors (Lipinski definition) is 0. The third kappa shape index (κ3) is 3.55. The molecule has 1 amide bonds. The maximum Gasteiger partial charge on any atom is 0.323 e. The Morgan fingerprint density at radius 3 is 2.11 bits per heavy atom. The van der Waals surface area contributed by atoms with Gasteiger partial charge in [-0.1, -0.05) is 13.3 Å². The number of amides is 1. The number of anilines is 1. The molecular formula is C20H28N2O5. The fraction of sp³-hybridized carbons (Fsp3) is 0.600. The SMILES string of the molecule is CCCCN(C(C)=O)c1nc(C)c2c(c1C)CC(C(=O)OC)(C(=O)OC)C2. The first-order valence-electron chi connectivity index (χ1n) is 9.17. The van der Waals surface area contributed by atoms with E-state index in [0.717, 1.165) is 29.5 Å². The van der Waals surface area contributed by atoms with E-state index >= 15 is 0 Å². The maximum absolute atomic E-state index is 12.5. The second-order valence-corrected chi connectivity index (χ2v) is 7.05. The van der Waals surface area contributed by atoms with E-state index in [0.29, 0.717) is 18.1 Å². The number of aromatic nitrogens is 1. The van der Waals surface area contributed by atoms with Gasteiger partial charge in [0.25, 0.3) is 0 Å². The van der Waals surface area contributed by atoms with Crippen LogP contribution in [-0.2, 0) is 36.7 Å². The van der Waals surface area contributed by atoms with Crippen molar-refractivity contribution in [1.82, 2.24) is 4.98 Å². The van der Waals surface area contributed by atoms with Gasteiger partial charge in [0.1, 0.15) is 5.82 Å². The van der Waals surface area contributed by atoms with Gasteiger partial charge in [0.2, 0.25) is 5.91 Å². The summed E-state index contributed by atoms with van der Waals surface area (Å²) in [6.07, 6.45) is 2.20. The van der Waals surface area contributed by atoms with Crippen LogP contribution in [0.25, 0.3) is 0 Å². The van der Waals surface area contributed by atoms with Crippen LogP contribution < -0.4 is 4.90 Å². The molecule has 0 spiro atoms. The highest BCUT2D eigenvalue weighted by Crippen LogP contribution is 2.43. The lowest BCUT2D eigenvalue weighted by molar-refractivity contribution is -0.168. The van der Waals surface area contributed by atoms with Crippen LogP contribution in [0.3, 0.4) is 0 Å². The average Bonchev–Trinajstić information content (AvgIpc) is 3.07. The van der Waals surface area contributed by atoms with Crippen LogP contribution in [0.15, 0.2) is 0 Å². The summed E-state index contributed by atoms with van der Waals surface area (Å²) in [5, 5.41) is 0. The number of unbranched alkanes of at least 4 members (excludes halogenated alkanes) is 1. The number of pyridine rings is 1. The third-order valence-corrected chi connectivity index (χ3v) is 5.34. The van der Waals surface area contributed by atoms with E-state index in [1.165, 1.54) is 21.1 Å². The molecule has 1 aliphatic carbocycles. The highest BCUT2D eigenvalue weighted by molar-refractivity contribution is 6.02. The molecule has 0 saturated carbocycles. The van der Waals surface area contributed by atoms with Crippen LogP contribution in [0.4, 0.5) is 5.82 Å². The number of fused-ring (bicyclic) bond motifs is 1. The van der Waals surface area contributed by atoms with E-state index in [2.05, 4.69) is 11.9 Å². The van der Waals surface area contributed by atoms with Crippen molar-refractivity contribution in [2.75, 3.05) is 25.7 Å². The van der Waals surface area contributed by atoms with Crippen LogP contribution in [0.5, 0.6) is 0 Å². The lowest BCUT2D eigenvalue weighted by atomic mass is 9.84. The highest BCUT2D eigenvalue weighted by atomic mass is 16.5. The largest absolute Gasteiger partial charge is 0.468 e. The molecule has 1 aromatic heterocycles. The summed E-state index contributed by atoms with van der Waals surface area (Å²) < 4.78 is 9.83. The Kier molecular flexibility index (Phi) is 6.23. The zero-order valence-corrected chi connectivity index (χ0v) is 17.0. The average molecular weight is 376 g/mol. The number of aryl methyl sites for hydroxylation is 1. The van der Waals surface area contributed by atoms with E-state index in [9.17, 15) is 14.4 Å². The number of methoxy groups -OCH3 is 2. The molecule has 1 aromatic rings. The minimum Gasteiger partial charge on any atom is -0.468 e. The van der Waals surface area contributed by atoms with Crippen LogP contribution in [0.2, 0.25) is 0 Å². The molecular weight excluding hydrogens is 348 g/mol. The van der Waals surface area contributed by atoms with E-state index in [4.69, 9.17) is 9.47 Å². The molecule has 0 N–H and O–H groups in total. The molecule has 1 aliphatic rings. The molecule has 148 valence electrons. The number of rotatable bonds is 6. The Hall–Kier alpha value is -2.44. The van der Waals surface area contributed by atoms with Crippen molar-refractivity contribution >= 4 is 23.7 Å². The summed E-state index contributed by atoms with van der Waals surface area (Å²) in [5.74, 6) is -0.707. The van der Waals surface area contributed by atoms with Crippen molar-refractivity contribution in [3.63, 3.8) is 0 Å². The molecule has 0 aliphatic heterocycles. The number of hydrogen-bond acceptors (Lipinski definition) is 6. The Bertz CT molecular complexity index is 756. The molecule has 27 heavy (non-hydrogen) atoms. The minimum absolute atomic E-state index is 0.0800. The van der Waals surface area contributed by atoms with Crippen molar-refractivity contribution < 1.29 is 23.9 Å². The van der Waals surface area contributed by atoms with E-state index in [1.54, 1.807) is 4.90 Å². The van der Waals surface area contributed by atoms with Crippen molar-refractivity contribution in [3.05, 3.63) is 22.4 Å². The fourth-order valence-corrected chi connectivity index (χ4v) is 3.78. The minimum atomic E-state index is -1.40. The van der Waals surface area contributed by atoms with Gasteiger partial charge in [0.05, 0.1) is 14.2 Å². The third-order valence-electron chi connectivity index (χ3n) is 5.34. The quantitative estimate of drug-likeness (QED) is 0.559. The zero-order chi connectivity index (χ0) is 20.4. The monoisotopic (exact) mass is 376 g/mol. The van der Waals surface area contributed by atoms with Crippen LogP contribution in [-0.4, -0.2) is 43.6 Å². The second kappa shape index (κ2) is 8.06. The Morgan fingerprint density at radius 1 is 1.07 bits per heavy atom. The maximum atomic E-state index is 12.5. The van der Waals surface area contributed by atoms with Gasteiger partial charge in [0, 0.05) is 32.0 Å². The molecule has 0 saturated heterocycles. The predicted octanol–water partition coefficient (Wildman–Crippen LogP) is 2.28. The number of carbonyl (C=O) groups excluding carboxylic acids is 3. The van der Waals surface area contributed by atoms with Gasteiger partial charge in [-0.05, 0) is 37.0 Å². The Labute approximate surface area is 160 Å². The highest BCUT2D eigenvalue weighted by Gasteiger charge is 2.53. The zero-order valence-electron chi connectivity index (χ0n) is 17.0. The predicted molar refractivity (Wildman–Crippen MR) is 101 cm³/mol. The van der Waals surface area contributed by atoms with Gasteiger partial charge < -0.3 is 9.47 Å². The number of nitrogens with zero attached hydrogens (tertiary/aromatic N) is 2. The van der Waals surface area contributed by atoms with Crippen LogP contribution in [0.1, 0.15) is 49.1 Å². The van der Waals surface area contributed by atoms with Gasteiger partial charge in [-0.3, -0.25) is 19.3 Å². The molecule has 0 aromatic carbocycles. The van der Waals surface area contributed by atoms with E-state index < -0.39 is 17.4 Å². The number of esters is 2. The molecule has 1 heterocycles. The second-order valence-electron chi connectivity index (χ2n) is 7.05. The Balaban J connectivity index is 2.57. The lowest BCUT2D eigenvalue weighted by Gasteiger charge is -2.24. The molecule has 7 heteroatoms. The topological polar surface area (TPSA) is 85.8 Å². The first kappa shape index (κ1) is 20.9. The smallest absolute Gasteiger partial charge is 0.323 e. The van der Waals surface area contributed by atoms with Crippen molar-refractivity contribution in [2.24, 2.45) is 5.41 Å². The van der Waals surface area contributed by atoms with Gasteiger partial charge in [0.15, 0.2) is 5.41 Å². The van der Waals surface area contributed by atoms with Gasteiger partial charge in [-0.25, -0.2) is 4.98 Å². The van der Waals surface area contributed by atoms with Gasteiger partial charge in [-0.2, -0.15) is 0 Å². The fourth-order valence-electron chi connectivity index (χ4n) is 3.78. The molecule has 7 nitrogen and oxygen atoms in total. The Morgan fingerprint density at radius 2 is 1.63 bits per heavy atom. The standard InChI is InChI=1S/C20H28N2O5/c1-7-8-9-22(14(4)23)17-12(2)15-10-20(18(24)26-5,19(25)27-6)11-16(15)13(3)21-17/h7-11H2,1-6H3.